The summed E-state index contributed by atoms with van der Waals surface area (Å²) >= 11 is 0. The van der Waals surface area contributed by atoms with Crippen molar-refractivity contribution in [3.8, 4) is 0 Å². The summed E-state index contributed by atoms with van der Waals surface area (Å²) in [5, 5.41) is 0. The van der Waals surface area contributed by atoms with Crippen molar-refractivity contribution in [3.63, 3.8) is 0 Å². The van der Waals surface area contributed by atoms with Crippen molar-refractivity contribution in [2.24, 2.45) is 11.7 Å². The van der Waals surface area contributed by atoms with Gasteiger partial charge in [0.15, 0.2) is 0 Å². The smallest absolute Gasteiger partial charge is 0.227 e. The van der Waals surface area contributed by atoms with Gasteiger partial charge in [-0.2, -0.15) is 0 Å². The SMILES string of the molecule is Cc1cccc(CC(CN)C(=O)N2CCCCCC2)c1C. The average molecular weight is 288 g/mol. The third-order valence-corrected chi connectivity index (χ3v) is 4.73. The monoisotopic (exact) mass is 288 g/mol. The molecule has 3 nitrogen and oxygen atoms in total. The number of carbonyl (C=O) groups is 1. The Kier molecular flexibility index (Phi) is 5.80. The normalized spacial score (nSPS) is 17.4. The summed E-state index contributed by atoms with van der Waals surface area (Å²) in [7, 11) is 0. The van der Waals surface area contributed by atoms with Crippen LogP contribution in [0.15, 0.2) is 18.2 Å². The molecule has 1 unspecified atom stereocenters. The van der Waals surface area contributed by atoms with Crippen LogP contribution in [0.4, 0.5) is 0 Å². The molecule has 1 heterocycles. The lowest BCUT2D eigenvalue weighted by molar-refractivity contribution is -0.135. The van der Waals surface area contributed by atoms with Gasteiger partial charge in [0.05, 0.1) is 5.92 Å². The Labute approximate surface area is 128 Å². The molecule has 1 aliphatic heterocycles. The summed E-state index contributed by atoms with van der Waals surface area (Å²) in [5.74, 6) is 0.170. The van der Waals surface area contributed by atoms with Crippen LogP contribution in [0, 0.1) is 19.8 Å². The van der Waals surface area contributed by atoms with Crippen LogP contribution in [0.2, 0.25) is 0 Å². The van der Waals surface area contributed by atoms with E-state index in [0.717, 1.165) is 32.4 Å². The zero-order chi connectivity index (χ0) is 15.2. The molecule has 2 rings (SSSR count). The standard InChI is InChI=1S/C18H28N2O/c1-14-8-7-9-16(15(14)2)12-17(13-19)18(21)20-10-5-3-4-6-11-20/h7-9,17H,3-6,10-13,19H2,1-2H3. The molecule has 0 aromatic heterocycles. The number of likely N-dealkylation sites (tertiary alicyclic amines) is 1. The van der Waals surface area contributed by atoms with Gasteiger partial charge in [0.25, 0.3) is 0 Å². The van der Waals surface area contributed by atoms with Gasteiger partial charge in [0.1, 0.15) is 0 Å². The highest BCUT2D eigenvalue weighted by atomic mass is 16.2. The van der Waals surface area contributed by atoms with E-state index in [4.69, 9.17) is 5.73 Å². The molecule has 1 aliphatic rings. The van der Waals surface area contributed by atoms with Crippen molar-refractivity contribution >= 4 is 5.91 Å². The molecule has 1 aromatic carbocycles. The van der Waals surface area contributed by atoms with Crippen molar-refractivity contribution < 1.29 is 4.79 Å². The third kappa shape index (κ3) is 4.07. The maximum absolute atomic E-state index is 12.7. The van der Waals surface area contributed by atoms with Crippen LogP contribution in [0.5, 0.6) is 0 Å². The number of amides is 1. The summed E-state index contributed by atoms with van der Waals surface area (Å²) in [6.07, 6.45) is 5.51. The average Bonchev–Trinajstić information content (AvgIpc) is 2.77. The molecule has 1 fully saturated rings. The zero-order valence-electron chi connectivity index (χ0n) is 13.4. The molecule has 0 radical (unpaired) electrons. The molecule has 21 heavy (non-hydrogen) atoms. The maximum atomic E-state index is 12.7. The Bertz CT molecular complexity index is 476. The van der Waals surface area contributed by atoms with Crippen LogP contribution in [-0.4, -0.2) is 30.4 Å². The lowest BCUT2D eigenvalue weighted by Crippen LogP contribution is -2.40. The Balaban J connectivity index is 2.08. The quantitative estimate of drug-likeness (QED) is 0.926. The first-order valence-corrected chi connectivity index (χ1v) is 8.17. The summed E-state index contributed by atoms with van der Waals surface area (Å²) in [5.41, 5.74) is 9.74. The van der Waals surface area contributed by atoms with Gasteiger partial charge in [-0.1, -0.05) is 31.0 Å². The van der Waals surface area contributed by atoms with Gasteiger partial charge in [-0.15, -0.1) is 0 Å². The van der Waals surface area contributed by atoms with Crippen molar-refractivity contribution in [2.45, 2.75) is 46.0 Å². The molecule has 0 aliphatic carbocycles. The van der Waals surface area contributed by atoms with Crippen molar-refractivity contribution in [1.82, 2.24) is 4.90 Å². The second-order valence-electron chi connectivity index (χ2n) is 6.24. The topological polar surface area (TPSA) is 46.3 Å². The van der Waals surface area contributed by atoms with Crippen LogP contribution in [0.25, 0.3) is 0 Å². The Morgan fingerprint density at radius 3 is 2.48 bits per heavy atom. The first kappa shape index (κ1) is 16.0. The Hall–Kier alpha value is -1.35. The molecule has 3 heteroatoms. The van der Waals surface area contributed by atoms with E-state index in [1.54, 1.807) is 0 Å². The fraction of sp³-hybridized carbons (Fsp3) is 0.611. The van der Waals surface area contributed by atoms with Crippen LogP contribution < -0.4 is 5.73 Å². The van der Waals surface area contributed by atoms with E-state index in [9.17, 15) is 4.79 Å². The molecule has 1 atom stereocenters. The Morgan fingerprint density at radius 1 is 1.19 bits per heavy atom. The fourth-order valence-electron chi connectivity index (χ4n) is 3.12. The van der Waals surface area contributed by atoms with Crippen LogP contribution in [0.3, 0.4) is 0 Å². The molecule has 0 saturated carbocycles. The fourth-order valence-corrected chi connectivity index (χ4v) is 3.12. The van der Waals surface area contributed by atoms with Crippen LogP contribution in [-0.2, 0) is 11.2 Å². The van der Waals surface area contributed by atoms with E-state index in [1.807, 2.05) is 4.90 Å². The van der Waals surface area contributed by atoms with Gasteiger partial charge in [-0.3, -0.25) is 4.79 Å². The number of hydrogen-bond donors (Lipinski definition) is 1. The minimum Gasteiger partial charge on any atom is -0.342 e. The number of hydrogen-bond acceptors (Lipinski definition) is 2. The van der Waals surface area contributed by atoms with E-state index < -0.39 is 0 Å². The van der Waals surface area contributed by atoms with Crippen molar-refractivity contribution in [2.75, 3.05) is 19.6 Å². The second kappa shape index (κ2) is 7.60. The highest BCUT2D eigenvalue weighted by Gasteiger charge is 2.24. The summed E-state index contributed by atoms with van der Waals surface area (Å²) in [4.78, 5) is 14.8. The van der Waals surface area contributed by atoms with Gasteiger partial charge in [-0.25, -0.2) is 0 Å². The predicted octanol–water partition coefficient (Wildman–Crippen LogP) is 2.82. The molecular formula is C18H28N2O. The van der Waals surface area contributed by atoms with Gasteiger partial charge in [0.2, 0.25) is 5.91 Å². The van der Waals surface area contributed by atoms with Gasteiger partial charge < -0.3 is 10.6 Å². The number of carbonyl (C=O) groups excluding carboxylic acids is 1. The molecule has 1 amide bonds. The molecule has 1 saturated heterocycles. The number of rotatable bonds is 4. The van der Waals surface area contributed by atoms with Crippen LogP contribution >= 0.6 is 0 Å². The van der Waals surface area contributed by atoms with Crippen molar-refractivity contribution in [3.05, 3.63) is 34.9 Å². The van der Waals surface area contributed by atoms with E-state index in [0.29, 0.717) is 6.54 Å². The molecule has 2 N–H and O–H groups in total. The van der Waals surface area contributed by atoms with Crippen LogP contribution in [0.1, 0.15) is 42.4 Å². The van der Waals surface area contributed by atoms with Gasteiger partial charge in [0, 0.05) is 19.6 Å². The van der Waals surface area contributed by atoms with Crippen molar-refractivity contribution in [1.29, 1.82) is 0 Å². The second-order valence-corrected chi connectivity index (χ2v) is 6.24. The lowest BCUT2D eigenvalue weighted by atomic mass is 9.93. The largest absolute Gasteiger partial charge is 0.342 e. The van der Waals surface area contributed by atoms with Gasteiger partial charge >= 0.3 is 0 Å². The first-order valence-electron chi connectivity index (χ1n) is 8.17. The highest BCUT2D eigenvalue weighted by Crippen LogP contribution is 2.19. The minimum absolute atomic E-state index is 0.0800. The van der Waals surface area contributed by atoms with E-state index >= 15 is 0 Å². The minimum atomic E-state index is -0.0800. The third-order valence-electron chi connectivity index (χ3n) is 4.73. The zero-order valence-corrected chi connectivity index (χ0v) is 13.4. The maximum Gasteiger partial charge on any atom is 0.227 e. The summed E-state index contributed by atoms with van der Waals surface area (Å²) in [6.45, 7) is 6.49. The first-order chi connectivity index (χ1) is 10.1. The molecule has 1 aromatic rings. The van der Waals surface area contributed by atoms with E-state index in [-0.39, 0.29) is 11.8 Å². The highest BCUT2D eigenvalue weighted by molar-refractivity contribution is 5.79. The Morgan fingerprint density at radius 2 is 1.86 bits per heavy atom. The number of nitrogens with zero attached hydrogens (tertiary/aromatic N) is 1. The predicted molar refractivity (Wildman–Crippen MR) is 87.2 cm³/mol. The molecule has 116 valence electrons. The number of aryl methyl sites for hydroxylation is 1. The molecular weight excluding hydrogens is 260 g/mol. The number of benzene rings is 1. The number of nitrogens with two attached hydrogens (primary N) is 1. The molecule has 0 spiro atoms. The van der Waals surface area contributed by atoms with E-state index in [2.05, 4.69) is 32.0 Å². The van der Waals surface area contributed by atoms with E-state index in [1.165, 1.54) is 29.5 Å². The molecule has 0 bridgehead atoms. The lowest BCUT2D eigenvalue weighted by Gasteiger charge is -2.26. The summed E-state index contributed by atoms with van der Waals surface area (Å²) < 4.78 is 0. The summed E-state index contributed by atoms with van der Waals surface area (Å²) in [6, 6.07) is 6.31. The van der Waals surface area contributed by atoms with Gasteiger partial charge in [-0.05, 0) is 49.8 Å².